The van der Waals surface area contributed by atoms with Gasteiger partial charge in [-0.25, -0.2) is 0 Å². The minimum Gasteiger partial charge on any atom is -0.354 e. The van der Waals surface area contributed by atoms with Gasteiger partial charge in [-0.2, -0.15) is 0 Å². The fourth-order valence-electron chi connectivity index (χ4n) is 16.5. The summed E-state index contributed by atoms with van der Waals surface area (Å²) in [6.45, 7) is 4.55. The summed E-state index contributed by atoms with van der Waals surface area (Å²) >= 11 is 0. The zero-order valence-electron chi connectivity index (χ0n) is 32.2. The molecule has 0 aromatic heterocycles. The van der Waals surface area contributed by atoms with Crippen LogP contribution in [-0.4, -0.2) is 75.0 Å². The Bertz CT molecular complexity index is 3820. The summed E-state index contributed by atoms with van der Waals surface area (Å²) in [5, 5.41) is 34.4. The van der Waals surface area contributed by atoms with Crippen LogP contribution >= 0.6 is 0 Å². The van der Waals surface area contributed by atoms with E-state index in [-0.39, 0.29) is 23.7 Å². The number of hydrogen-bond donors (Lipinski definition) is 2. The van der Waals surface area contributed by atoms with E-state index >= 15 is 9.59 Å². The lowest BCUT2D eigenvalue weighted by molar-refractivity contribution is -0.137. The predicted molar refractivity (Wildman–Crippen MR) is 234 cm³/mol. The SMILES string of the molecule is CN1CCCN(C)CCNC(=O)C2(C(=O)NCC1)C1c3c4c5c6c3c3c(c7ccc8c9ccc%10c%11c%12c%13c%14c(c6c6c3c7c8c(c9c%10%13)c%146)=C3C5C(C=C4)C(C=C%11)C3%12)C12. The fraction of sp³-hybridized carbons (Fsp3) is 0.308. The number of likely N-dealkylation sites (N-methyl/N-ethyl adjacent to an activating group) is 2. The Balaban J connectivity index is 1.06. The van der Waals surface area contributed by atoms with Gasteiger partial charge in [-0.05, 0) is 187 Å². The van der Waals surface area contributed by atoms with Gasteiger partial charge in [-0.1, -0.05) is 48.6 Å². The summed E-state index contributed by atoms with van der Waals surface area (Å²) in [5.74, 6) is 0.915. The lowest BCUT2D eigenvalue weighted by Crippen LogP contribution is -2.48. The van der Waals surface area contributed by atoms with Crippen molar-refractivity contribution in [3.05, 3.63) is 75.0 Å². The summed E-state index contributed by atoms with van der Waals surface area (Å²) < 4.78 is 0. The first-order valence-electron chi connectivity index (χ1n) is 21.9. The highest BCUT2D eigenvalue weighted by Gasteiger charge is 2.77. The van der Waals surface area contributed by atoms with E-state index < -0.39 is 5.41 Å². The molecule has 1 spiro atoms. The predicted octanol–water partition coefficient (Wildman–Crippen LogP) is 7.74. The van der Waals surface area contributed by atoms with Gasteiger partial charge in [0.15, 0.2) is 0 Å². The first kappa shape index (κ1) is 28.8. The molecule has 58 heavy (non-hydrogen) atoms. The number of hydrogen-bond acceptors (Lipinski definition) is 4. The molecule has 6 nitrogen and oxygen atoms in total. The molecule has 1 saturated heterocycles. The number of carbonyl (C=O) groups is 2. The average Bonchev–Trinajstić information content (AvgIpc) is 3.80. The number of amides is 2. The number of benzene rings is 5. The second kappa shape index (κ2) is 8.32. The highest BCUT2D eigenvalue weighted by Crippen LogP contribution is 2.80. The monoisotopic (exact) mass is 748 g/mol. The van der Waals surface area contributed by atoms with Crippen molar-refractivity contribution in [2.45, 2.75) is 30.1 Å². The molecule has 6 heteroatoms. The summed E-state index contributed by atoms with van der Waals surface area (Å²) in [5.41, 5.74) is 9.00. The van der Waals surface area contributed by atoms with Crippen LogP contribution in [0, 0.1) is 17.3 Å². The molecule has 7 aliphatic carbocycles. The van der Waals surface area contributed by atoms with E-state index in [9.17, 15) is 0 Å². The van der Waals surface area contributed by atoms with Crippen LogP contribution in [0.1, 0.15) is 63.5 Å². The molecule has 6 unspecified atom stereocenters. The van der Waals surface area contributed by atoms with E-state index in [1.807, 2.05) is 0 Å². The zero-order valence-corrected chi connectivity index (χ0v) is 32.2. The molecule has 2 saturated carbocycles. The van der Waals surface area contributed by atoms with E-state index in [1.54, 1.807) is 27.1 Å². The molecule has 10 aromatic carbocycles. The first-order chi connectivity index (χ1) is 28.5. The molecule has 2 amide bonds. The first-order valence-corrected chi connectivity index (χ1v) is 21.9. The number of fused-ring (bicyclic) bond motifs is 10. The molecule has 1 aliphatic heterocycles. The second-order valence-electron chi connectivity index (χ2n) is 20.0. The summed E-state index contributed by atoms with van der Waals surface area (Å²) in [6, 6.07) is 9.70. The van der Waals surface area contributed by atoms with Gasteiger partial charge in [0.2, 0.25) is 11.8 Å². The van der Waals surface area contributed by atoms with Gasteiger partial charge in [0.05, 0.1) is 0 Å². The van der Waals surface area contributed by atoms with Crippen LogP contribution in [0.25, 0.3) is 115 Å². The maximum Gasteiger partial charge on any atom is 0.237 e. The second-order valence-corrected chi connectivity index (χ2v) is 20.0. The van der Waals surface area contributed by atoms with Crippen molar-refractivity contribution in [1.82, 2.24) is 20.4 Å². The van der Waals surface area contributed by atoms with E-state index in [0.717, 1.165) is 32.6 Å². The Hall–Kier alpha value is -5.56. The lowest BCUT2D eigenvalue weighted by Gasteiger charge is -2.29. The van der Waals surface area contributed by atoms with Crippen molar-refractivity contribution < 1.29 is 9.59 Å². The Morgan fingerprint density at radius 1 is 0.517 bits per heavy atom. The van der Waals surface area contributed by atoms with Crippen LogP contribution in [0.4, 0.5) is 0 Å². The third-order valence-corrected chi connectivity index (χ3v) is 18.2. The van der Waals surface area contributed by atoms with Crippen molar-refractivity contribution in [2.75, 3.05) is 53.4 Å². The molecule has 1 heterocycles. The van der Waals surface area contributed by atoms with E-state index in [2.05, 4.69) is 83.1 Å². The Labute approximate surface area is 331 Å². The molecule has 8 aliphatic rings. The van der Waals surface area contributed by atoms with Crippen LogP contribution in [0.15, 0.2) is 36.4 Å². The van der Waals surface area contributed by atoms with E-state index in [4.69, 9.17) is 0 Å². The highest BCUT2D eigenvalue weighted by atomic mass is 16.2. The third-order valence-electron chi connectivity index (χ3n) is 18.2. The highest BCUT2D eigenvalue weighted by molar-refractivity contribution is 6.59. The largest absolute Gasteiger partial charge is 0.354 e. The number of nitrogens with zero attached hydrogens (tertiary/aromatic N) is 2. The molecule has 2 N–H and O–H groups in total. The number of rotatable bonds is 0. The van der Waals surface area contributed by atoms with Gasteiger partial charge >= 0.3 is 0 Å². The van der Waals surface area contributed by atoms with Crippen LogP contribution in [0.5, 0.6) is 0 Å². The minimum absolute atomic E-state index is 0.0900. The summed E-state index contributed by atoms with van der Waals surface area (Å²) in [4.78, 5) is 35.3. The van der Waals surface area contributed by atoms with Gasteiger partial charge in [0, 0.05) is 49.9 Å². The van der Waals surface area contributed by atoms with Crippen molar-refractivity contribution in [3.63, 3.8) is 0 Å². The smallest absolute Gasteiger partial charge is 0.237 e. The normalized spacial score (nSPS) is 29.6. The van der Waals surface area contributed by atoms with Crippen molar-refractivity contribution in [1.29, 1.82) is 0 Å². The molecule has 6 atom stereocenters. The average molecular weight is 749 g/mol. The third kappa shape index (κ3) is 2.40. The van der Waals surface area contributed by atoms with Crippen LogP contribution in [0.3, 0.4) is 0 Å². The fourth-order valence-corrected chi connectivity index (χ4v) is 16.5. The van der Waals surface area contributed by atoms with E-state index in [1.165, 1.54) is 114 Å². The minimum atomic E-state index is -1.22. The van der Waals surface area contributed by atoms with Gasteiger partial charge in [-0.15, -0.1) is 0 Å². The van der Waals surface area contributed by atoms with E-state index in [0.29, 0.717) is 36.8 Å². The molecule has 0 radical (unpaired) electrons. The van der Waals surface area contributed by atoms with Crippen molar-refractivity contribution >= 4 is 126 Å². The Morgan fingerprint density at radius 2 is 1.00 bits per heavy atom. The van der Waals surface area contributed by atoms with Crippen molar-refractivity contribution in [3.8, 4) is 0 Å². The van der Waals surface area contributed by atoms with Gasteiger partial charge in [0.25, 0.3) is 0 Å². The summed E-state index contributed by atoms with van der Waals surface area (Å²) in [7, 11) is 4.30. The van der Waals surface area contributed by atoms with Crippen LogP contribution in [-0.2, 0) is 9.59 Å². The maximum atomic E-state index is 15.4. The number of allylic oxidation sites excluding steroid dienone is 2. The maximum absolute atomic E-state index is 15.4. The standard InChI is InChI=1S/C52H36N4O2/c1-55-14-3-15-56(2)17-13-54-51(58)52(50(57)53-12-16-55)48-34-24-10-8-22-20-6-4-18-19-5-7-21-23-9-11-25-33-31(23)38-29(21)27(19)36-26(18)28(20)37-30(22)32(24)39-41(34)42(35(25)49(48)52)40(33)47-45(38)43(36)44(37)46(39)47/h4-11,20,22,28,30,48-49H,3,12-17H2,1-2H3,(H,53,57)(H,54,58). The Morgan fingerprint density at radius 3 is 1.69 bits per heavy atom. The van der Waals surface area contributed by atoms with Gasteiger partial charge in [0.1, 0.15) is 5.41 Å². The molecule has 3 fully saturated rings. The van der Waals surface area contributed by atoms with Crippen molar-refractivity contribution in [2.24, 2.45) is 17.3 Å². The quantitative estimate of drug-likeness (QED) is 0.123. The summed E-state index contributed by atoms with van der Waals surface area (Å²) in [6.07, 6.45) is 11.2. The molecular weight excluding hydrogens is 713 g/mol. The molecule has 10 aromatic rings. The topological polar surface area (TPSA) is 64.7 Å². The van der Waals surface area contributed by atoms with Crippen LogP contribution in [0.2, 0.25) is 0 Å². The molecule has 276 valence electrons. The zero-order chi connectivity index (χ0) is 37.3. The number of nitrogens with one attached hydrogen (secondary N) is 2. The molecular formula is C52H36N4O2. The van der Waals surface area contributed by atoms with Crippen LogP contribution < -0.4 is 15.9 Å². The molecule has 18 rings (SSSR count). The Kier molecular flexibility index (Phi) is 4.13. The number of carbonyl (C=O) groups excluding carboxylic acids is 2. The lowest BCUT2D eigenvalue weighted by atomic mass is 9.74. The molecule has 0 bridgehead atoms. The van der Waals surface area contributed by atoms with Gasteiger partial charge in [-0.3, -0.25) is 9.59 Å². The van der Waals surface area contributed by atoms with Gasteiger partial charge < -0.3 is 20.4 Å².